The molecule has 1 amide bonds. The average molecular weight is 553 g/mol. The molecule has 1 saturated heterocycles. The number of hydrogen-bond acceptors (Lipinski definition) is 6. The third kappa shape index (κ3) is 6.68. The maximum absolute atomic E-state index is 12.6. The lowest BCUT2D eigenvalue weighted by Gasteiger charge is -2.15. The van der Waals surface area contributed by atoms with E-state index in [9.17, 15) is 4.79 Å². The van der Waals surface area contributed by atoms with E-state index in [0.29, 0.717) is 41.4 Å². The van der Waals surface area contributed by atoms with Crippen molar-refractivity contribution in [3.05, 3.63) is 87.2 Å². The first kappa shape index (κ1) is 24.9. The van der Waals surface area contributed by atoms with Crippen LogP contribution in [0.5, 0.6) is 17.2 Å². The summed E-state index contributed by atoms with van der Waals surface area (Å²) in [4.78, 5) is 17.6. The van der Waals surface area contributed by atoms with Gasteiger partial charge in [-0.2, -0.15) is 0 Å². The third-order valence-corrected chi connectivity index (χ3v) is 6.38. The van der Waals surface area contributed by atoms with Crippen molar-refractivity contribution in [2.45, 2.75) is 20.5 Å². The Morgan fingerprint density at radius 1 is 0.971 bits per heavy atom. The van der Waals surface area contributed by atoms with Crippen molar-refractivity contribution >= 4 is 50.5 Å². The summed E-state index contributed by atoms with van der Waals surface area (Å²) >= 11 is 4.90. The molecule has 1 aliphatic heterocycles. The molecule has 0 radical (unpaired) electrons. The van der Waals surface area contributed by atoms with Gasteiger partial charge in [-0.1, -0.05) is 30.3 Å². The molecule has 0 aliphatic carbocycles. The van der Waals surface area contributed by atoms with Crippen LogP contribution in [0.2, 0.25) is 0 Å². The molecule has 1 heterocycles. The van der Waals surface area contributed by atoms with Gasteiger partial charge in [0.2, 0.25) is 0 Å². The van der Waals surface area contributed by atoms with Crippen LogP contribution in [0.3, 0.4) is 0 Å². The molecular weight excluding hydrogens is 528 g/mol. The molecule has 1 N–H and O–H groups in total. The highest BCUT2D eigenvalue weighted by Gasteiger charge is 2.24. The second-order valence-corrected chi connectivity index (χ2v) is 9.33. The minimum Gasteiger partial charge on any atom is -0.494 e. The number of aliphatic imine (C=N–C) groups is 1. The van der Waals surface area contributed by atoms with Gasteiger partial charge in [-0.05, 0) is 95.1 Å². The van der Waals surface area contributed by atoms with E-state index in [0.717, 1.165) is 27.0 Å². The van der Waals surface area contributed by atoms with Crippen molar-refractivity contribution in [1.82, 2.24) is 5.32 Å². The zero-order valence-electron chi connectivity index (χ0n) is 19.4. The fraction of sp³-hybridized carbons (Fsp3) is 0.185. The molecule has 180 valence electrons. The Balaban J connectivity index is 1.52. The summed E-state index contributed by atoms with van der Waals surface area (Å²) in [5, 5.41) is 3.35. The fourth-order valence-electron chi connectivity index (χ4n) is 3.34. The Labute approximate surface area is 217 Å². The fourth-order valence-corrected chi connectivity index (χ4v) is 4.75. The Morgan fingerprint density at radius 3 is 2.43 bits per heavy atom. The first-order valence-corrected chi connectivity index (χ1v) is 12.8. The van der Waals surface area contributed by atoms with E-state index in [2.05, 4.69) is 26.2 Å². The largest absolute Gasteiger partial charge is 0.494 e. The van der Waals surface area contributed by atoms with Crippen molar-refractivity contribution in [1.29, 1.82) is 0 Å². The molecule has 0 aromatic heterocycles. The highest BCUT2D eigenvalue weighted by atomic mass is 79.9. The van der Waals surface area contributed by atoms with Crippen LogP contribution in [0.4, 0.5) is 5.69 Å². The summed E-state index contributed by atoms with van der Waals surface area (Å²) in [7, 11) is 0. The lowest BCUT2D eigenvalue weighted by atomic mass is 10.1. The second kappa shape index (κ2) is 12.0. The van der Waals surface area contributed by atoms with Crippen LogP contribution in [0.15, 0.2) is 81.1 Å². The maximum Gasteiger partial charge on any atom is 0.264 e. The van der Waals surface area contributed by atoms with Gasteiger partial charge in [-0.3, -0.25) is 4.79 Å². The Morgan fingerprint density at radius 2 is 1.71 bits per heavy atom. The second-order valence-electron chi connectivity index (χ2n) is 7.45. The van der Waals surface area contributed by atoms with Gasteiger partial charge in [-0.25, -0.2) is 4.99 Å². The van der Waals surface area contributed by atoms with E-state index in [-0.39, 0.29) is 5.91 Å². The zero-order valence-corrected chi connectivity index (χ0v) is 21.8. The molecule has 4 rings (SSSR count). The number of amides is 1. The van der Waals surface area contributed by atoms with Gasteiger partial charge in [-0.15, -0.1) is 0 Å². The Kier molecular flexibility index (Phi) is 8.50. The van der Waals surface area contributed by atoms with Crippen LogP contribution < -0.4 is 19.5 Å². The molecule has 0 unspecified atom stereocenters. The van der Waals surface area contributed by atoms with Crippen LogP contribution in [0, 0.1) is 0 Å². The van der Waals surface area contributed by atoms with E-state index in [1.807, 2.05) is 86.7 Å². The van der Waals surface area contributed by atoms with Crippen molar-refractivity contribution in [3.63, 3.8) is 0 Å². The number of hydrogen-bond donors (Lipinski definition) is 1. The molecule has 1 aliphatic rings. The number of nitrogens with zero attached hydrogens (tertiary/aromatic N) is 1. The highest BCUT2D eigenvalue weighted by Crippen LogP contribution is 2.39. The predicted octanol–water partition coefficient (Wildman–Crippen LogP) is 6.72. The summed E-state index contributed by atoms with van der Waals surface area (Å²) < 4.78 is 18.1. The zero-order chi connectivity index (χ0) is 24.6. The molecule has 6 nitrogen and oxygen atoms in total. The van der Waals surface area contributed by atoms with Crippen LogP contribution in [-0.2, 0) is 11.4 Å². The summed E-state index contributed by atoms with van der Waals surface area (Å²) in [5.41, 5.74) is 2.61. The number of amidine groups is 1. The molecule has 35 heavy (non-hydrogen) atoms. The van der Waals surface area contributed by atoms with Crippen LogP contribution >= 0.6 is 27.7 Å². The SMILES string of the molecule is CCOc1ccc(N=C2NC(=O)/C(=C\c3cc(Br)c(OCc4ccccc4)c(OCC)c3)S2)cc1. The molecule has 0 spiro atoms. The molecule has 0 atom stereocenters. The molecule has 0 bridgehead atoms. The van der Waals surface area contributed by atoms with Crippen molar-refractivity contribution < 1.29 is 19.0 Å². The van der Waals surface area contributed by atoms with Crippen LogP contribution in [0.1, 0.15) is 25.0 Å². The maximum atomic E-state index is 12.6. The van der Waals surface area contributed by atoms with Gasteiger partial charge in [0.15, 0.2) is 16.7 Å². The number of ether oxygens (including phenoxy) is 3. The molecule has 3 aromatic carbocycles. The van der Waals surface area contributed by atoms with Gasteiger partial charge in [0.1, 0.15) is 12.4 Å². The van der Waals surface area contributed by atoms with Gasteiger partial charge in [0, 0.05) is 0 Å². The standard InChI is InChI=1S/C27H25BrN2O4S/c1-3-32-21-12-10-20(11-13-21)29-27-30-26(31)24(35-27)16-19-14-22(28)25(23(15-19)33-4-2)34-17-18-8-6-5-7-9-18/h5-16H,3-4,17H2,1-2H3,(H,29,30,31)/b24-16+. The van der Waals surface area contributed by atoms with E-state index in [1.54, 1.807) is 0 Å². The third-order valence-electron chi connectivity index (χ3n) is 4.88. The Bertz CT molecular complexity index is 1240. The first-order chi connectivity index (χ1) is 17.1. The van der Waals surface area contributed by atoms with Crippen molar-refractivity contribution in [2.75, 3.05) is 13.2 Å². The van der Waals surface area contributed by atoms with Crippen molar-refractivity contribution in [3.8, 4) is 17.2 Å². The minimum atomic E-state index is -0.196. The topological polar surface area (TPSA) is 69.2 Å². The molecule has 8 heteroatoms. The van der Waals surface area contributed by atoms with Crippen molar-refractivity contribution in [2.24, 2.45) is 4.99 Å². The quantitative estimate of drug-likeness (QED) is 0.298. The number of rotatable bonds is 9. The number of carbonyl (C=O) groups excluding carboxylic acids is 1. The number of thioether (sulfide) groups is 1. The van der Waals surface area contributed by atoms with Gasteiger partial charge in [0.25, 0.3) is 5.91 Å². The lowest BCUT2D eigenvalue weighted by Crippen LogP contribution is -2.19. The molecule has 3 aromatic rings. The summed E-state index contributed by atoms with van der Waals surface area (Å²) in [6, 6.07) is 21.1. The summed E-state index contributed by atoms with van der Waals surface area (Å²) in [6.07, 6.45) is 1.81. The van der Waals surface area contributed by atoms with Gasteiger partial charge >= 0.3 is 0 Å². The van der Waals surface area contributed by atoms with E-state index in [4.69, 9.17) is 14.2 Å². The summed E-state index contributed by atoms with van der Waals surface area (Å²) in [6.45, 7) is 5.37. The number of carbonyl (C=O) groups is 1. The Hall–Kier alpha value is -3.23. The number of nitrogens with one attached hydrogen (secondary N) is 1. The smallest absolute Gasteiger partial charge is 0.264 e. The minimum absolute atomic E-state index is 0.196. The van der Waals surface area contributed by atoms with E-state index >= 15 is 0 Å². The summed E-state index contributed by atoms with van der Waals surface area (Å²) in [5.74, 6) is 1.82. The monoisotopic (exact) mass is 552 g/mol. The predicted molar refractivity (Wildman–Crippen MR) is 145 cm³/mol. The molecule has 0 saturated carbocycles. The van der Waals surface area contributed by atoms with E-state index in [1.165, 1.54) is 11.8 Å². The number of benzene rings is 3. The van der Waals surface area contributed by atoms with Crippen LogP contribution in [-0.4, -0.2) is 24.3 Å². The molecular formula is C27H25BrN2O4S. The first-order valence-electron chi connectivity index (χ1n) is 11.2. The lowest BCUT2D eigenvalue weighted by molar-refractivity contribution is -0.115. The number of halogens is 1. The van der Waals surface area contributed by atoms with Gasteiger partial charge in [0.05, 0.1) is 28.3 Å². The van der Waals surface area contributed by atoms with Crippen LogP contribution in [0.25, 0.3) is 6.08 Å². The molecule has 1 fully saturated rings. The van der Waals surface area contributed by atoms with Gasteiger partial charge < -0.3 is 19.5 Å². The normalized spacial score (nSPS) is 15.3. The highest BCUT2D eigenvalue weighted by molar-refractivity contribution is 9.10. The average Bonchev–Trinajstić information content (AvgIpc) is 3.19. The van der Waals surface area contributed by atoms with E-state index < -0.39 is 0 Å².